The van der Waals surface area contributed by atoms with Crippen molar-refractivity contribution in [2.75, 3.05) is 22.6 Å². The molecular formula is C20H23N3O4. The van der Waals surface area contributed by atoms with E-state index in [1.165, 1.54) is 6.92 Å². The predicted octanol–water partition coefficient (Wildman–Crippen LogP) is 4.25. The first-order chi connectivity index (χ1) is 13.0. The van der Waals surface area contributed by atoms with Gasteiger partial charge in [0, 0.05) is 18.3 Å². The first kappa shape index (κ1) is 20.0. The van der Waals surface area contributed by atoms with Crippen LogP contribution in [0, 0.1) is 0 Å². The molecule has 7 nitrogen and oxygen atoms in total. The second-order valence-corrected chi connectivity index (χ2v) is 5.88. The second kappa shape index (κ2) is 9.96. The third-order valence-corrected chi connectivity index (χ3v) is 3.57. The number of anilines is 3. The Kier molecular flexibility index (Phi) is 7.37. The highest BCUT2D eigenvalue weighted by molar-refractivity contribution is 6.05. The lowest BCUT2D eigenvalue weighted by atomic mass is 10.2. The summed E-state index contributed by atoms with van der Waals surface area (Å²) in [4.78, 5) is 35.6. The van der Waals surface area contributed by atoms with Gasteiger partial charge in [-0.1, -0.05) is 31.5 Å². The summed E-state index contributed by atoms with van der Waals surface area (Å²) in [5.41, 5.74) is 1.72. The monoisotopic (exact) mass is 369 g/mol. The van der Waals surface area contributed by atoms with Crippen LogP contribution in [0.25, 0.3) is 0 Å². The average Bonchev–Trinajstić information content (AvgIpc) is 2.62. The third-order valence-electron chi connectivity index (χ3n) is 3.57. The van der Waals surface area contributed by atoms with Crippen LogP contribution in [0.4, 0.5) is 21.9 Å². The van der Waals surface area contributed by atoms with Gasteiger partial charge >= 0.3 is 12.0 Å². The highest BCUT2D eigenvalue weighted by Crippen LogP contribution is 2.18. The molecule has 0 bridgehead atoms. The molecule has 2 aromatic carbocycles. The van der Waals surface area contributed by atoms with Crippen molar-refractivity contribution in [2.45, 2.75) is 26.7 Å². The summed E-state index contributed by atoms with van der Waals surface area (Å²) in [6.45, 7) is 3.75. The van der Waals surface area contributed by atoms with Crippen LogP contribution in [0.2, 0.25) is 0 Å². The Morgan fingerprint density at radius 2 is 1.63 bits per heavy atom. The molecule has 2 aromatic rings. The van der Waals surface area contributed by atoms with E-state index >= 15 is 0 Å². The van der Waals surface area contributed by atoms with Crippen LogP contribution in [-0.2, 0) is 9.53 Å². The lowest BCUT2D eigenvalue weighted by Crippen LogP contribution is -2.21. The topological polar surface area (TPSA) is 96.5 Å². The van der Waals surface area contributed by atoms with Crippen molar-refractivity contribution < 1.29 is 19.1 Å². The SMILES string of the molecule is CCCCOC(=O)c1ccccc1NC(=O)Nc1cccc(NC(C)=O)c1. The van der Waals surface area contributed by atoms with Crippen molar-refractivity contribution >= 4 is 35.0 Å². The van der Waals surface area contributed by atoms with Crippen LogP contribution in [0.1, 0.15) is 37.0 Å². The van der Waals surface area contributed by atoms with E-state index in [1.54, 1.807) is 48.5 Å². The molecule has 0 fully saturated rings. The predicted molar refractivity (Wildman–Crippen MR) is 105 cm³/mol. The molecular weight excluding hydrogens is 346 g/mol. The molecule has 0 aliphatic heterocycles. The molecule has 0 heterocycles. The lowest BCUT2D eigenvalue weighted by molar-refractivity contribution is -0.114. The van der Waals surface area contributed by atoms with Gasteiger partial charge in [0.25, 0.3) is 0 Å². The highest BCUT2D eigenvalue weighted by Gasteiger charge is 2.14. The molecule has 142 valence electrons. The molecule has 0 saturated heterocycles. The van der Waals surface area contributed by atoms with Gasteiger partial charge in [-0.15, -0.1) is 0 Å². The van der Waals surface area contributed by atoms with Crippen molar-refractivity contribution in [3.05, 3.63) is 54.1 Å². The number of para-hydroxylation sites is 1. The largest absolute Gasteiger partial charge is 0.462 e. The molecule has 2 rings (SSSR count). The van der Waals surface area contributed by atoms with Crippen LogP contribution in [0.3, 0.4) is 0 Å². The second-order valence-electron chi connectivity index (χ2n) is 5.88. The van der Waals surface area contributed by atoms with E-state index in [0.29, 0.717) is 23.7 Å². The number of unbranched alkanes of at least 4 members (excludes halogenated alkanes) is 1. The van der Waals surface area contributed by atoms with Gasteiger partial charge in [0.1, 0.15) is 0 Å². The summed E-state index contributed by atoms with van der Waals surface area (Å²) in [5.74, 6) is -0.681. The summed E-state index contributed by atoms with van der Waals surface area (Å²) in [6, 6.07) is 12.9. The number of nitrogens with one attached hydrogen (secondary N) is 3. The zero-order chi connectivity index (χ0) is 19.6. The molecule has 0 unspecified atom stereocenters. The molecule has 0 radical (unpaired) electrons. The zero-order valence-corrected chi connectivity index (χ0v) is 15.4. The summed E-state index contributed by atoms with van der Waals surface area (Å²) in [6.07, 6.45) is 1.71. The summed E-state index contributed by atoms with van der Waals surface area (Å²) < 4.78 is 5.21. The maximum atomic E-state index is 12.3. The number of ether oxygens (including phenoxy) is 1. The first-order valence-electron chi connectivity index (χ1n) is 8.71. The summed E-state index contributed by atoms with van der Waals surface area (Å²) >= 11 is 0. The molecule has 3 N–H and O–H groups in total. The Hall–Kier alpha value is -3.35. The minimum absolute atomic E-state index is 0.202. The molecule has 0 saturated carbocycles. The summed E-state index contributed by atoms with van der Waals surface area (Å²) in [7, 11) is 0. The molecule has 27 heavy (non-hydrogen) atoms. The van der Waals surface area contributed by atoms with Crippen molar-refractivity contribution in [3.8, 4) is 0 Å². The lowest BCUT2D eigenvalue weighted by Gasteiger charge is -2.12. The minimum Gasteiger partial charge on any atom is -0.462 e. The number of amides is 3. The molecule has 7 heteroatoms. The number of esters is 1. The number of carbonyl (C=O) groups is 3. The Morgan fingerprint density at radius 1 is 0.926 bits per heavy atom. The molecule has 0 aromatic heterocycles. The minimum atomic E-state index is -0.510. The van der Waals surface area contributed by atoms with Gasteiger partial charge in [-0.2, -0.15) is 0 Å². The van der Waals surface area contributed by atoms with Crippen molar-refractivity contribution in [1.82, 2.24) is 0 Å². The van der Waals surface area contributed by atoms with E-state index in [9.17, 15) is 14.4 Å². The zero-order valence-electron chi connectivity index (χ0n) is 15.4. The van der Waals surface area contributed by atoms with Crippen molar-refractivity contribution in [1.29, 1.82) is 0 Å². The maximum Gasteiger partial charge on any atom is 0.340 e. The van der Waals surface area contributed by atoms with E-state index in [0.717, 1.165) is 12.8 Å². The number of hydrogen-bond donors (Lipinski definition) is 3. The smallest absolute Gasteiger partial charge is 0.340 e. The van der Waals surface area contributed by atoms with Gasteiger partial charge in [0.2, 0.25) is 5.91 Å². The van der Waals surface area contributed by atoms with Gasteiger partial charge in [-0.3, -0.25) is 4.79 Å². The van der Waals surface area contributed by atoms with E-state index in [4.69, 9.17) is 4.74 Å². The number of urea groups is 1. The number of rotatable bonds is 7. The quantitative estimate of drug-likeness (QED) is 0.502. The summed E-state index contributed by atoms with van der Waals surface area (Å²) in [5, 5.41) is 7.97. The van der Waals surface area contributed by atoms with Crippen LogP contribution in [0.5, 0.6) is 0 Å². The molecule has 0 aliphatic rings. The average molecular weight is 369 g/mol. The van der Waals surface area contributed by atoms with Gasteiger partial charge < -0.3 is 20.7 Å². The molecule has 3 amide bonds. The van der Waals surface area contributed by atoms with Crippen LogP contribution in [-0.4, -0.2) is 24.5 Å². The van der Waals surface area contributed by atoms with E-state index < -0.39 is 12.0 Å². The molecule has 0 aliphatic carbocycles. The van der Waals surface area contributed by atoms with Crippen molar-refractivity contribution in [2.24, 2.45) is 0 Å². The fraction of sp³-hybridized carbons (Fsp3) is 0.250. The first-order valence-corrected chi connectivity index (χ1v) is 8.71. The van der Waals surface area contributed by atoms with Crippen LogP contribution in [0.15, 0.2) is 48.5 Å². The Morgan fingerprint density at radius 3 is 2.33 bits per heavy atom. The third kappa shape index (κ3) is 6.47. The van der Waals surface area contributed by atoms with Gasteiger partial charge in [0.15, 0.2) is 0 Å². The normalized spacial score (nSPS) is 10.0. The number of hydrogen-bond acceptors (Lipinski definition) is 4. The van der Waals surface area contributed by atoms with E-state index in [2.05, 4.69) is 16.0 Å². The maximum absolute atomic E-state index is 12.3. The number of carbonyl (C=O) groups excluding carboxylic acids is 3. The Bertz CT molecular complexity index is 820. The number of benzene rings is 2. The van der Waals surface area contributed by atoms with Crippen molar-refractivity contribution in [3.63, 3.8) is 0 Å². The Labute approximate surface area is 158 Å². The van der Waals surface area contributed by atoms with Gasteiger partial charge in [-0.25, -0.2) is 9.59 Å². The van der Waals surface area contributed by atoms with E-state index in [1.807, 2.05) is 6.92 Å². The molecule has 0 spiro atoms. The van der Waals surface area contributed by atoms with Gasteiger partial charge in [0.05, 0.1) is 17.9 Å². The van der Waals surface area contributed by atoms with Gasteiger partial charge in [-0.05, 0) is 36.8 Å². The highest BCUT2D eigenvalue weighted by atomic mass is 16.5. The standard InChI is InChI=1S/C20H23N3O4/c1-3-4-12-27-19(25)17-10-5-6-11-18(17)23-20(26)22-16-9-7-8-15(13-16)21-14(2)24/h5-11,13H,3-4,12H2,1-2H3,(H,21,24)(H2,22,23,26). The van der Waals surface area contributed by atoms with Crippen LogP contribution < -0.4 is 16.0 Å². The fourth-order valence-corrected chi connectivity index (χ4v) is 2.32. The fourth-order valence-electron chi connectivity index (χ4n) is 2.32. The molecule has 0 atom stereocenters. The van der Waals surface area contributed by atoms with E-state index in [-0.39, 0.29) is 11.5 Å². The Balaban J connectivity index is 2.04. The van der Waals surface area contributed by atoms with Crippen LogP contribution >= 0.6 is 0 Å².